The third kappa shape index (κ3) is 4.40. The molecule has 6 rings (SSSR count). The van der Waals surface area contributed by atoms with Crippen molar-refractivity contribution in [1.82, 2.24) is 15.3 Å². The van der Waals surface area contributed by atoms with Gasteiger partial charge in [-0.15, -0.1) is 11.8 Å². The highest BCUT2D eigenvalue weighted by Gasteiger charge is 2.33. The van der Waals surface area contributed by atoms with Crippen LogP contribution in [0.25, 0.3) is 11.0 Å². The van der Waals surface area contributed by atoms with Crippen LogP contribution in [0.3, 0.4) is 0 Å². The molecule has 11 heteroatoms. The summed E-state index contributed by atoms with van der Waals surface area (Å²) in [7, 11) is 1.61. The van der Waals surface area contributed by atoms with E-state index in [9.17, 15) is 9.59 Å². The molecule has 186 valence electrons. The van der Waals surface area contributed by atoms with E-state index in [1.807, 2.05) is 36.5 Å². The number of fused-ring (bicyclic) bond motifs is 4. The smallest absolute Gasteiger partial charge is 0.414 e. The molecule has 0 saturated carbocycles. The van der Waals surface area contributed by atoms with E-state index in [0.29, 0.717) is 30.6 Å². The fourth-order valence-electron chi connectivity index (χ4n) is 4.86. The summed E-state index contributed by atoms with van der Waals surface area (Å²) in [6.07, 6.45) is 2.11. The van der Waals surface area contributed by atoms with Gasteiger partial charge in [0.05, 0.1) is 48.0 Å². The van der Waals surface area contributed by atoms with Crippen LogP contribution in [0.4, 0.5) is 21.9 Å². The van der Waals surface area contributed by atoms with E-state index < -0.39 is 0 Å². The molecule has 36 heavy (non-hydrogen) atoms. The summed E-state index contributed by atoms with van der Waals surface area (Å²) in [5.41, 5.74) is 5.34. The highest BCUT2D eigenvalue weighted by Crippen LogP contribution is 2.35. The van der Waals surface area contributed by atoms with Crippen LogP contribution in [0.15, 0.2) is 41.4 Å². The average Bonchev–Trinajstić information content (AvgIpc) is 3.27. The van der Waals surface area contributed by atoms with Gasteiger partial charge in [0.15, 0.2) is 0 Å². The summed E-state index contributed by atoms with van der Waals surface area (Å²) in [5, 5.41) is 9.83. The largest absolute Gasteiger partial charge is 0.481 e. The van der Waals surface area contributed by atoms with Crippen LogP contribution in [-0.2, 0) is 16.0 Å². The first kappa shape index (κ1) is 22.9. The minimum Gasteiger partial charge on any atom is -0.481 e. The third-order valence-electron chi connectivity index (χ3n) is 6.66. The Morgan fingerprint density at radius 2 is 2.14 bits per heavy atom. The van der Waals surface area contributed by atoms with Gasteiger partial charge < -0.3 is 25.4 Å². The molecule has 2 atom stereocenters. The molecule has 0 spiro atoms. The van der Waals surface area contributed by atoms with Gasteiger partial charge in [-0.1, -0.05) is 0 Å². The lowest BCUT2D eigenvalue weighted by molar-refractivity contribution is -0.113. The number of nitrogens with zero attached hydrogens (tertiary/aromatic N) is 3. The maximum absolute atomic E-state index is 12.5. The molecule has 2 amide bonds. The lowest BCUT2D eigenvalue weighted by atomic mass is 9.93. The molecule has 0 bridgehead atoms. The molecule has 3 aliphatic rings. The summed E-state index contributed by atoms with van der Waals surface area (Å²) >= 11 is 1.50. The zero-order valence-corrected chi connectivity index (χ0v) is 20.6. The SMILES string of the molecule is COc1ccc2ncc3c(c2n1)C[C@H](CNC[C@@H]1CN(c2ccc4c(c2)NC(=O)CS4)C(=O)O1)CN3. The molecule has 1 saturated heterocycles. The van der Waals surface area contributed by atoms with Gasteiger partial charge in [-0.2, -0.15) is 0 Å². The number of nitrogens with one attached hydrogen (secondary N) is 3. The van der Waals surface area contributed by atoms with Crippen molar-refractivity contribution >= 4 is 51.9 Å². The quantitative estimate of drug-likeness (QED) is 0.464. The van der Waals surface area contributed by atoms with E-state index in [-0.39, 0.29) is 18.1 Å². The van der Waals surface area contributed by atoms with Crippen molar-refractivity contribution in [2.75, 3.05) is 54.6 Å². The number of aromatic nitrogens is 2. The Hall–Kier alpha value is -3.57. The predicted octanol–water partition coefficient (Wildman–Crippen LogP) is 2.88. The van der Waals surface area contributed by atoms with Gasteiger partial charge in [0.25, 0.3) is 0 Å². The van der Waals surface area contributed by atoms with Crippen molar-refractivity contribution in [2.45, 2.75) is 17.4 Å². The number of benzene rings is 1. The predicted molar refractivity (Wildman–Crippen MR) is 138 cm³/mol. The molecular weight excluding hydrogens is 480 g/mol. The second-order valence-electron chi connectivity index (χ2n) is 9.11. The molecule has 2 aromatic heterocycles. The van der Waals surface area contributed by atoms with Gasteiger partial charge in [-0.3, -0.25) is 14.7 Å². The van der Waals surface area contributed by atoms with Gasteiger partial charge >= 0.3 is 6.09 Å². The number of carbonyl (C=O) groups excluding carboxylic acids is 2. The summed E-state index contributed by atoms with van der Waals surface area (Å²) in [6.45, 7) is 2.62. The van der Waals surface area contributed by atoms with Crippen LogP contribution in [-0.4, -0.2) is 67.1 Å². The summed E-state index contributed by atoms with van der Waals surface area (Å²) in [4.78, 5) is 36.0. The first-order valence-corrected chi connectivity index (χ1v) is 12.9. The lowest BCUT2D eigenvalue weighted by Gasteiger charge is -2.27. The Morgan fingerprint density at radius 3 is 3.03 bits per heavy atom. The maximum atomic E-state index is 12.5. The first-order valence-electron chi connectivity index (χ1n) is 11.9. The Labute approximate surface area is 212 Å². The molecule has 3 aromatic rings. The fourth-order valence-corrected chi connectivity index (χ4v) is 5.65. The Bertz CT molecular complexity index is 1350. The second-order valence-corrected chi connectivity index (χ2v) is 10.1. The van der Waals surface area contributed by atoms with Crippen molar-refractivity contribution in [1.29, 1.82) is 0 Å². The number of thioether (sulfide) groups is 1. The zero-order valence-electron chi connectivity index (χ0n) is 19.7. The van der Waals surface area contributed by atoms with Gasteiger partial charge in [0.1, 0.15) is 6.10 Å². The number of carbonyl (C=O) groups is 2. The Kier molecular flexibility index (Phi) is 6.02. The normalized spacial score (nSPS) is 20.9. The zero-order chi connectivity index (χ0) is 24.6. The molecule has 5 heterocycles. The topological polar surface area (TPSA) is 118 Å². The van der Waals surface area contributed by atoms with Crippen molar-refractivity contribution in [3.63, 3.8) is 0 Å². The minimum absolute atomic E-state index is 0.0327. The fraction of sp³-hybridized carbons (Fsp3) is 0.360. The van der Waals surface area contributed by atoms with Crippen molar-refractivity contribution in [3.8, 4) is 5.88 Å². The third-order valence-corrected chi connectivity index (χ3v) is 7.74. The number of pyridine rings is 2. The molecule has 0 unspecified atom stereocenters. The van der Waals surface area contributed by atoms with E-state index in [0.717, 1.165) is 58.1 Å². The van der Waals surface area contributed by atoms with Crippen LogP contribution in [0, 0.1) is 5.92 Å². The first-order chi connectivity index (χ1) is 17.6. The standard InChI is InChI=1S/C25H26N6O4S/c1-34-23-5-3-18-24(30-23)17-6-14(9-27-20(17)11-28-18)8-26-10-16-12-31(25(33)35-16)15-2-4-21-19(7-15)29-22(32)13-36-21/h2-5,7,11,14,16,26-27H,6,8-10,12-13H2,1H3,(H,29,32)/t14-,16-/m1/s1. The molecular formula is C25H26N6O4S. The molecule has 3 N–H and O–H groups in total. The molecule has 1 fully saturated rings. The van der Waals surface area contributed by atoms with Crippen molar-refractivity contribution in [2.24, 2.45) is 5.92 Å². The summed E-state index contributed by atoms with van der Waals surface area (Å²) in [5.74, 6) is 1.30. The number of ether oxygens (including phenoxy) is 2. The van der Waals surface area contributed by atoms with Gasteiger partial charge in [-0.05, 0) is 36.6 Å². The molecule has 1 aromatic carbocycles. The van der Waals surface area contributed by atoms with E-state index in [1.165, 1.54) is 11.8 Å². The van der Waals surface area contributed by atoms with Crippen LogP contribution >= 0.6 is 11.8 Å². The van der Waals surface area contributed by atoms with Gasteiger partial charge in [0, 0.05) is 41.8 Å². The number of hydrogen-bond donors (Lipinski definition) is 3. The highest BCUT2D eigenvalue weighted by molar-refractivity contribution is 8.00. The van der Waals surface area contributed by atoms with Crippen LogP contribution in [0.5, 0.6) is 5.88 Å². The van der Waals surface area contributed by atoms with Crippen LogP contribution in [0.1, 0.15) is 5.56 Å². The second kappa shape index (κ2) is 9.47. The number of rotatable bonds is 6. The Morgan fingerprint density at radius 1 is 1.22 bits per heavy atom. The molecule has 10 nitrogen and oxygen atoms in total. The maximum Gasteiger partial charge on any atom is 0.414 e. The molecule has 0 radical (unpaired) electrons. The van der Waals surface area contributed by atoms with Gasteiger partial charge in [0.2, 0.25) is 11.8 Å². The van der Waals surface area contributed by atoms with Crippen molar-refractivity contribution in [3.05, 3.63) is 42.1 Å². The molecule has 0 aliphatic carbocycles. The van der Waals surface area contributed by atoms with E-state index in [4.69, 9.17) is 9.47 Å². The van der Waals surface area contributed by atoms with Crippen molar-refractivity contribution < 1.29 is 19.1 Å². The average molecular weight is 507 g/mol. The van der Waals surface area contributed by atoms with Gasteiger partial charge in [-0.25, -0.2) is 9.78 Å². The monoisotopic (exact) mass is 506 g/mol. The number of cyclic esters (lactones) is 1. The lowest BCUT2D eigenvalue weighted by Crippen LogP contribution is -2.37. The van der Waals surface area contributed by atoms with E-state index in [1.54, 1.807) is 12.0 Å². The minimum atomic E-state index is -0.371. The number of amides is 2. The number of hydrogen-bond acceptors (Lipinski definition) is 9. The summed E-state index contributed by atoms with van der Waals surface area (Å²) < 4.78 is 10.9. The van der Waals surface area contributed by atoms with E-state index >= 15 is 0 Å². The molecule has 3 aliphatic heterocycles. The highest BCUT2D eigenvalue weighted by atomic mass is 32.2. The summed E-state index contributed by atoms with van der Waals surface area (Å²) in [6, 6.07) is 9.42. The van der Waals surface area contributed by atoms with Crippen LogP contribution < -0.4 is 25.6 Å². The number of anilines is 3. The van der Waals surface area contributed by atoms with E-state index in [2.05, 4.69) is 25.9 Å². The Balaban J connectivity index is 1.06. The number of methoxy groups -OCH3 is 1. The van der Waals surface area contributed by atoms with Crippen LogP contribution in [0.2, 0.25) is 0 Å².